The van der Waals surface area contributed by atoms with E-state index < -0.39 is 12.1 Å². The fourth-order valence-corrected chi connectivity index (χ4v) is 2.78. The molecule has 0 radical (unpaired) electrons. The van der Waals surface area contributed by atoms with Gasteiger partial charge in [0.1, 0.15) is 5.75 Å². The van der Waals surface area contributed by atoms with Crippen molar-refractivity contribution in [2.75, 3.05) is 26.8 Å². The number of halogens is 1. The lowest BCUT2D eigenvalue weighted by Crippen LogP contribution is -2.48. The van der Waals surface area contributed by atoms with Crippen molar-refractivity contribution in [1.82, 2.24) is 4.90 Å². The van der Waals surface area contributed by atoms with E-state index >= 15 is 0 Å². The molecule has 0 bridgehead atoms. The van der Waals surface area contributed by atoms with Crippen LogP contribution in [-0.4, -0.2) is 54.8 Å². The fraction of sp³-hybridized carbons (Fsp3) is 0.467. The average Bonchev–Trinajstić information content (AvgIpc) is 2.52. The lowest BCUT2D eigenvalue weighted by molar-refractivity contribution is -0.159. The quantitative estimate of drug-likeness (QED) is 0.852. The highest BCUT2D eigenvalue weighted by molar-refractivity contribution is 9.10. The number of ether oxygens (including phenoxy) is 2. The zero-order valence-corrected chi connectivity index (χ0v) is 13.8. The molecule has 1 amide bonds. The van der Waals surface area contributed by atoms with Gasteiger partial charge in [-0.1, -0.05) is 15.9 Å². The largest absolute Gasteiger partial charge is 0.496 e. The summed E-state index contributed by atoms with van der Waals surface area (Å²) < 4.78 is 11.3. The van der Waals surface area contributed by atoms with Gasteiger partial charge in [0.15, 0.2) is 6.10 Å². The maximum atomic E-state index is 12.2. The van der Waals surface area contributed by atoms with E-state index in [0.29, 0.717) is 19.4 Å². The standard InChI is InChI=1S/C15H18BrNO5/c1-21-12-4-3-11(16)8-10(12)2-5-14(18)17-6-7-22-13(9-17)15(19)20/h3-4,8,13H,2,5-7,9H2,1H3,(H,19,20)/t13-/m1/s1. The first-order valence-corrected chi connectivity index (χ1v) is 7.75. The van der Waals surface area contributed by atoms with Gasteiger partial charge < -0.3 is 19.5 Å². The molecule has 0 saturated carbocycles. The van der Waals surface area contributed by atoms with E-state index in [0.717, 1.165) is 15.8 Å². The van der Waals surface area contributed by atoms with Gasteiger partial charge in [0.2, 0.25) is 5.91 Å². The number of aryl methyl sites for hydroxylation is 1. The molecule has 1 atom stereocenters. The Morgan fingerprint density at radius 1 is 1.50 bits per heavy atom. The number of hydrogen-bond acceptors (Lipinski definition) is 4. The first-order chi connectivity index (χ1) is 10.5. The molecule has 1 saturated heterocycles. The van der Waals surface area contributed by atoms with Gasteiger partial charge in [-0.2, -0.15) is 0 Å². The van der Waals surface area contributed by atoms with Crippen LogP contribution in [0.5, 0.6) is 5.75 Å². The Morgan fingerprint density at radius 2 is 2.27 bits per heavy atom. The number of nitrogens with zero attached hydrogens (tertiary/aromatic N) is 1. The molecule has 1 heterocycles. The normalized spacial score (nSPS) is 18.1. The number of aliphatic carboxylic acids is 1. The van der Waals surface area contributed by atoms with Gasteiger partial charge in [0, 0.05) is 17.4 Å². The Kier molecular flexibility index (Phi) is 5.79. The Balaban J connectivity index is 1.95. The van der Waals surface area contributed by atoms with Crippen LogP contribution >= 0.6 is 15.9 Å². The number of methoxy groups -OCH3 is 1. The molecule has 0 unspecified atom stereocenters. The summed E-state index contributed by atoms with van der Waals surface area (Å²) in [4.78, 5) is 24.7. The van der Waals surface area contributed by atoms with Crippen LogP contribution in [0.1, 0.15) is 12.0 Å². The van der Waals surface area contributed by atoms with E-state index in [1.54, 1.807) is 12.0 Å². The molecule has 1 N–H and O–H groups in total. The van der Waals surface area contributed by atoms with Crippen LogP contribution < -0.4 is 4.74 Å². The molecule has 1 aromatic carbocycles. The van der Waals surface area contributed by atoms with E-state index in [2.05, 4.69) is 15.9 Å². The third-order valence-corrected chi connectivity index (χ3v) is 4.04. The van der Waals surface area contributed by atoms with Crippen molar-refractivity contribution in [3.05, 3.63) is 28.2 Å². The van der Waals surface area contributed by atoms with Crippen LogP contribution in [0.4, 0.5) is 0 Å². The number of carbonyl (C=O) groups is 2. The lowest BCUT2D eigenvalue weighted by atomic mass is 10.1. The zero-order valence-electron chi connectivity index (χ0n) is 12.3. The average molecular weight is 372 g/mol. The molecule has 1 aliphatic rings. The summed E-state index contributed by atoms with van der Waals surface area (Å²) in [5.74, 6) is -0.371. The molecule has 2 rings (SSSR count). The van der Waals surface area contributed by atoms with Crippen LogP contribution in [0.3, 0.4) is 0 Å². The Bertz CT molecular complexity index is 563. The number of hydrogen-bond donors (Lipinski definition) is 1. The predicted octanol–water partition coefficient (Wildman–Crippen LogP) is 1.70. The number of carboxylic acids is 1. The summed E-state index contributed by atoms with van der Waals surface area (Å²) in [5, 5.41) is 8.96. The highest BCUT2D eigenvalue weighted by Crippen LogP contribution is 2.24. The summed E-state index contributed by atoms with van der Waals surface area (Å²) in [7, 11) is 1.59. The van der Waals surface area contributed by atoms with Crippen molar-refractivity contribution in [3.63, 3.8) is 0 Å². The topological polar surface area (TPSA) is 76.1 Å². The molecule has 1 aliphatic heterocycles. The van der Waals surface area contributed by atoms with Crippen molar-refractivity contribution < 1.29 is 24.2 Å². The lowest BCUT2D eigenvalue weighted by Gasteiger charge is -2.31. The molecule has 6 nitrogen and oxygen atoms in total. The molecular weight excluding hydrogens is 354 g/mol. The van der Waals surface area contributed by atoms with E-state index in [9.17, 15) is 9.59 Å². The zero-order chi connectivity index (χ0) is 16.1. The molecule has 120 valence electrons. The van der Waals surface area contributed by atoms with Gasteiger partial charge in [0.25, 0.3) is 0 Å². The maximum Gasteiger partial charge on any atom is 0.334 e. The molecule has 7 heteroatoms. The first-order valence-electron chi connectivity index (χ1n) is 6.96. The molecular formula is C15H18BrNO5. The summed E-state index contributed by atoms with van der Waals surface area (Å²) in [6.07, 6.45) is -0.0894. The van der Waals surface area contributed by atoms with Gasteiger partial charge in [-0.15, -0.1) is 0 Å². The minimum Gasteiger partial charge on any atom is -0.496 e. The second-order valence-electron chi connectivity index (χ2n) is 4.99. The predicted molar refractivity (Wildman–Crippen MR) is 83.0 cm³/mol. The number of carboxylic acid groups (broad SMARTS) is 1. The smallest absolute Gasteiger partial charge is 0.334 e. The third kappa shape index (κ3) is 4.20. The van der Waals surface area contributed by atoms with Gasteiger partial charge in [-0.3, -0.25) is 4.79 Å². The minimum atomic E-state index is -1.04. The number of rotatable bonds is 5. The van der Waals surface area contributed by atoms with Crippen LogP contribution in [-0.2, 0) is 20.7 Å². The SMILES string of the molecule is COc1ccc(Br)cc1CCC(=O)N1CCO[C@@H](C(=O)O)C1. The molecule has 0 aliphatic carbocycles. The summed E-state index contributed by atoms with van der Waals surface area (Å²) >= 11 is 3.40. The first kappa shape index (κ1) is 16.8. The summed E-state index contributed by atoms with van der Waals surface area (Å²) in [6.45, 7) is 0.783. The van der Waals surface area contributed by atoms with Gasteiger partial charge in [-0.25, -0.2) is 4.79 Å². The van der Waals surface area contributed by atoms with Crippen LogP contribution in [0, 0.1) is 0 Å². The second kappa shape index (κ2) is 7.60. The highest BCUT2D eigenvalue weighted by atomic mass is 79.9. The van der Waals surface area contributed by atoms with Crippen LogP contribution in [0.15, 0.2) is 22.7 Å². The van der Waals surface area contributed by atoms with Crippen molar-refractivity contribution in [1.29, 1.82) is 0 Å². The molecule has 0 spiro atoms. The van der Waals surface area contributed by atoms with E-state index in [-0.39, 0.29) is 19.1 Å². The van der Waals surface area contributed by atoms with Gasteiger partial charge in [-0.05, 0) is 30.2 Å². The number of benzene rings is 1. The van der Waals surface area contributed by atoms with Crippen molar-refractivity contribution in [3.8, 4) is 5.75 Å². The summed E-state index contributed by atoms with van der Waals surface area (Å²) in [5.41, 5.74) is 0.938. The van der Waals surface area contributed by atoms with E-state index in [1.807, 2.05) is 18.2 Å². The van der Waals surface area contributed by atoms with Crippen molar-refractivity contribution in [2.45, 2.75) is 18.9 Å². The van der Waals surface area contributed by atoms with Gasteiger partial charge in [0.05, 0.1) is 20.3 Å². The molecule has 1 aromatic rings. The monoisotopic (exact) mass is 371 g/mol. The number of carbonyl (C=O) groups excluding carboxylic acids is 1. The Hall–Kier alpha value is -1.60. The Morgan fingerprint density at radius 3 is 2.95 bits per heavy atom. The van der Waals surface area contributed by atoms with Crippen LogP contribution in [0.25, 0.3) is 0 Å². The summed E-state index contributed by atoms with van der Waals surface area (Å²) in [6, 6.07) is 5.65. The van der Waals surface area contributed by atoms with Crippen molar-refractivity contribution >= 4 is 27.8 Å². The minimum absolute atomic E-state index is 0.0726. The molecule has 0 aromatic heterocycles. The highest BCUT2D eigenvalue weighted by Gasteiger charge is 2.28. The number of morpholine rings is 1. The molecule has 22 heavy (non-hydrogen) atoms. The van der Waals surface area contributed by atoms with Gasteiger partial charge >= 0.3 is 5.97 Å². The fourth-order valence-electron chi connectivity index (χ4n) is 2.37. The molecule has 1 fully saturated rings. The van der Waals surface area contributed by atoms with Crippen molar-refractivity contribution in [2.24, 2.45) is 0 Å². The van der Waals surface area contributed by atoms with E-state index in [4.69, 9.17) is 14.6 Å². The third-order valence-electron chi connectivity index (χ3n) is 3.55. The number of amides is 1. The van der Waals surface area contributed by atoms with Crippen LogP contribution in [0.2, 0.25) is 0 Å². The Labute approximate surface area is 137 Å². The van der Waals surface area contributed by atoms with E-state index in [1.165, 1.54) is 0 Å². The second-order valence-corrected chi connectivity index (χ2v) is 5.91. The maximum absolute atomic E-state index is 12.2.